The van der Waals surface area contributed by atoms with Gasteiger partial charge in [-0.2, -0.15) is 0 Å². The summed E-state index contributed by atoms with van der Waals surface area (Å²) < 4.78 is 19.9. The Bertz CT molecular complexity index is 597. The van der Waals surface area contributed by atoms with Gasteiger partial charge in [-0.25, -0.2) is 4.39 Å². The number of benzene rings is 1. The molecule has 1 amide bonds. The molecule has 3 rings (SSSR count). The van der Waals surface area contributed by atoms with E-state index in [1.165, 1.54) is 25.3 Å². The molecule has 1 aliphatic carbocycles. The number of nitrogen functional groups attached to an aromatic ring is 1. The second kappa shape index (κ2) is 7.70. The molecular weight excluding hydrogens is 331 g/mol. The fourth-order valence-corrected chi connectivity index (χ4v) is 3.81. The molecule has 0 radical (unpaired) electrons. The number of amides is 1. The zero-order valence-corrected chi connectivity index (χ0v) is 14.5. The molecule has 1 aromatic rings. The van der Waals surface area contributed by atoms with Gasteiger partial charge in [-0.15, -0.1) is 0 Å². The van der Waals surface area contributed by atoms with E-state index in [4.69, 9.17) is 22.1 Å². The first-order chi connectivity index (χ1) is 11.5. The number of ether oxygens (including phenoxy) is 1. The van der Waals surface area contributed by atoms with Crippen molar-refractivity contribution in [2.45, 2.75) is 57.2 Å². The summed E-state index contributed by atoms with van der Waals surface area (Å²) in [4.78, 5) is 14.3. The van der Waals surface area contributed by atoms with E-state index in [0.29, 0.717) is 19.2 Å². The van der Waals surface area contributed by atoms with E-state index in [-0.39, 0.29) is 28.3 Å². The van der Waals surface area contributed by atoms with Crippen LogP contribution in [-0.2, 0) is 4.74 Å². The second-order valence-electron chi connectivity index (χ2n) is 6.74. The van der Waals surface area contributed by atoms with Crippen LogP contribution in [0.3, 0.4) is 0 Å². The van der Waals surface area contributed by atoms with Crippen molar-refractivity contribution in [1.82, 2.24) is 4.90 Å². The minimum absolute atomic E-state index is 0.134. The maximum Gasteiger partial charge on any atom is 0.256 e. The van der Waals surface area contributed by atoms with E-state index in [0.717, 1.165) is 31.7 Å². The number of nitrogens with two attached hydrogens (primary N) is 1. The van der Waals surface area contributed by atoms with Gasteiger partial charge >= 0.3 is 0 Å². The minimum atomic E-state index is -0.652. The fourth-order valence-electron chi connectivity index (χ4n) is 3.60. The maximum absolute atomic E-state index is 13.7. The number of likely N-dealkylation sites (tertiary alicyclic amines) is 1. The highest BCUT2D eigenvalue weighted by Gasteiger charge is 2.28. The molecule has 2 fully saturated rings. The Labute approximate surface area is 147 Å². The lowest BCUT2D eigenvalue weighted by molar-refractivity contribution is -0.0526. The summed E-state index contributed by atoms with van der Waals surface area (Å²) in [5.41, 5.74) is 5.71. The first-order valence-electron chi connectivity index (χ1n) is 8.74. The zero-order valence-electron chi connectivity index (χ0n) is 13.8. The van der Waals surface area contributed by atoms with Crippen molar-refractivity contribution in [1.29, 1.82) is 0 Å². The lowest BCUT2D eigenvalue weighted by Crippen LogP contribution is -2.42. The molecular formula is C18H24ClFN2O2. The van der Waals surface area contributed by atoms with Crippen molar-refractivity contribution in [2.75, 3.05) is 18.8 Å². The van der Waals surface area contributed by atoms with Crippen molar-refractivity contribution >= 4 is 23.2 Å². The van der Waals surface area contributed by atoms with E-state index in [1.54, 1.807) is 4.90 Å². The number of piperidine rings is 1. The van der Waals surface area contributed by atoms with Crippen LogP contribution in [0, 0.1) is 5.82 Å². The summed E-state index contributed by atoms with van der Waals surface area (Å²) in [6, 6.07) is 2.56. The van der Waals surface area contributed by atoms with Crippen LogP contribution < -0.4 is 5.73 Å². The number of hydrogen-bond acceptors (Lipinski definition) is 3. The van der Waals surface area contributed by atoms with Crippen molar-refractivity contribution < 1.29 is 13.9 Å². The SMILES string of the molecule is Nc1c(F)cc(Cl)cc1C(=O)N1CCC(OC2CCCCC2)CC1. The van der Waals surface area contributed by atoms with Crippen LogP contribution in [0.5, 0.6) is 0 Å². The summed E-state index contributed by atoms with van der Waals surface area (Å²) in [5.74, 6) is -0.911. The highest BCUT2D eigenvalue weighted by molar-refractivity contribution is 6.31. The normalized spacial score (nSPS) is 20.3. The van der Waals surface area contributed by atoms with Gasteiger partial charge in [0.25, 0.3) is 5.91 Å². The summed E-state index contributed by atoms with van der Waals surface area (Å²) in [6.07, 6.45) is 8.33. The van der Waals surface area contributed by atoms with Crippen LogP contribution in [0.4, 0.5) is 10.1 Å². The standard InChI is InChI=1S/C18H24ClFN2O2/c19-12-10-15(17(21)16(20)11-12)18(23)22-8-6-14(7-9-22)24-13-4-2-1-3-5-13/h10-11,13-14H,1-9,21H2. The quantitative estimate of drug-likeness (QED) is 0.834. The van der Waals surface area contributed by atoms with Gasteiger partial charge in [-0.3, -0.25) is 4.79 Å². The Kier molecular flexibility index (Phi) is 5.61. The smallest absolute Gasteiger partial charge is 0.256 e. The number of anilines is 1. The molecule has 2 aliphatic rings. The number of carbonyl (C=O) groups excluding carboxylic acids is 1. The molecule has 24 heavy (non-hydrogen) atoms. The van der Waals surface area contributed by atoms with E-state index in [1.807, 2.05) is 0 Å². The summed E-state index contributed by atoms with van der Waals surface area (Å²) in [7, 11) is 0. The van der Waals surface area contributed by atoms with Gasteiger partial charge in [0.2, 0.25) is 0 Å². The van der Waals surface area contributed by atoms with Gasteiger partial charge < -0.3 is 15.4 Å². The molecule has 1 saturated heterocycles. The molecule has 0 atom stereocenters. The molecule has 0 unspecified atom stereocenters. The third kappa shape index (κ3) is 4.01. The van der Waals surface area contributed by atoms with E-state index in [2.05, 4.69) is 0 Å². The largest absolute Gasteiger partial charge is 0.396 e. The first kappa shape index (κ1) is 17.5. The summed E-state index contributed by atoms with van der Waals surface area (Å²) in [5, 5.41) is 0.181. The van der Waals surface area contributed by atoms with Gasteiger partial charge in [0.1, 0.15) is 5.82 Å². The summed E-state index contributed by atoms with van der Waals surface area (Å²) in [6.45, 7) is 1.20. The first-order valence-corrected chi connectivity index (χ1v) is 9.11. The zero-order chi connectivity index (χ0) is 17.1. The number of halogens is 2. The van der Waals surface area contributed by atoms with Crippen LogP contribution >= 0.6 is 11.6 Å². The maximum atomic E-state index is 13.7. The van der Waals surface area contributed by atoms with Crippen molar-refractivity contribution in [3.8, 4) is 0 Å². The van der Waals surface area contributed by atoms with E-state index in [9.17, 15) is 9.18 Å². The predicted molar refractivity (Wildman–Crippen MR) is 92.7 cm³/mol. The number of hydrogen-bond donors (Lipinski definition) is 1. The van der Waals surface area contributed by atoms with Crippen molar-refractivity contribution in [3.05, 3.63) is 28.5 Å². The average molecular weight is 355 g/mol. The van der Waals surface area contributed by atoms with Crippen molar-refractivity contribution in [3.63, 3.8) is 0 Å². The Hall–Kier alpha value is -1.33. The van der Waals surface area contributed by atoms with E-state index >= 15 is 0 Å². The lowest BCUT2D eigenvalue weighted by Gasteiger charge is -2.35. The molecule has 0 aromatic heterocycles. The third-order valence-electron chi connectivity index (χ3n) is 4.99. The molecule has 4 nitrogen and oxygen atoms in total. The Balaban J connectivity index is 1.57. The van der Waals surface area contributed by atoms with Crippen LogP contribution in [0.1, 0.15) is 55.3 Å². The van der Waals surface area contributed by atoms with Crippen LogP contribution in [-0.4, -0.2) is 36.1 Å². The van der Waals surface area contributed by atoms with Crippen LogP contribution in [0.25, 0.3) is 0 Å². The van der Waals surface area contributed by atoms with Gasteiger partial charge in [0, 0.05) is 18.1 Å². The second-order valence-corrected chi connectivity index (χ2v) is 7.17. The molecule has 1 aliphatic heterocycles. The van der Waals surface area contributed by atoms with Gasteiger partial charge in [-0.1, -0.05) is 30.9 Å². The van der Waals surface area contributed by atoms with E-state index < -0.39 is 5.82 Å². The highest BCUT2D eigenvalue weighted by Crippen LogP contribution is 2.27. The number of rotatable bonds is 3. The third-order valence-corrected chi connectivity index (χ3v) is 5.21. The monoisotopic (exact) mass is 354 g/mol. The van der Waals surface area contributed by atoms with Gasteiger partial charge in [0.05, 0.1) is 23.5 Å². The van der Waals surface area contributed by atoms with Gasteiger partial charge in [0.15, 0.2) is 0 Å². The lowest BCUT2D eigenvalue weighted by atomic mass is 9.97. The average Bonchev–Trinajstić information content (AvgIpc) is 2.59. The van der Waals surface area contributed by atoms with Crippen LogP contribution in [0.2, 0.25) is 5.02 Å². The molecule has 0 spiro atoms. The Morgan fingerprint density at radius 2 is 1.75 bits per heavy atom. The number of carbonyl (C=O) groups is 1. The molecule has 2 N–H and O–H groups in total. The molecule has 0 bridgehead atoms. The van der Waals surface area contributed by atoms with Crippen molar-refractivity contribution in [2.24, 2.45) is 0 Å². The summed E-state index contributed by atoms with van der Waals surface area (Å²) >= 11 is 5.85. The Morgan fingerprint density at radius 1 is 1.12 bits per heavy atom. The molecule has 132 valence electrons. The predicted octanol–water partition coefficient (Wildman–Crippen LogP) is 4.02. The fraction of sp³-hybridized carbons (Fsp3) is 0.611. The molecule has 1 aromatic carbocycles. The topological polar surface area (TPSA) is 55.6 Å². The van der Waals surface area contributed by atoms with Crippen LogP contribution in [0.15, 0.2) is 12.1 Å². The minimum Gasteiger partial charge on any atom is -0.396 e. The Morgan fingerprint density at radius 3 is 2.42 bits per heavy atom. The number of nitrogens with zero attached hydrogens (tertiary/aromatic N) is 1. The highest BCUT2D eigenvalue weighted by atomic mass is 35.5. The molecule has 6 heteroatoms. The molecule has 1 heterocycles. The van der Waals surface area contributed by atoms with Gasteiger partial charge in [-0.05, 0) is 37.8 Å². The molecule has 1 saturated carbocycles.